The molecule has 1 aromatic heterocycles. The smallest absolute Gasteiger partial charge is 0.323 e. The molecule has 0 amide bonds. The van der Waals surface area contributed by atoms with Crippen molar-refractivity contribution in [2.45, 2.75) is 32.4 Å². The van der Waals surface area contributed by atoms with E-state index in [1.165, 1.54) is 35.0 Å². The number of rotatable bonds is 8. The first-order valence-corrected chi connectivity index (χ1v) is 13.6. The van der Waals surface area contributed by atoms with E-state index in [1.54, 1.807) is 12.1 Å². The number of hydrogen-bond acceptors (Lipinski definition) is 4. The van der Waals surface area contributed by atoms with Gasteiger partial charge in [0.05, 0.1) is 5.56 Å². The minimum absolute atomic E-state index is 0.117. The van der Waals surface area contributed by atoms with Crippen molar-refractivity contribution in [2.24, 2.45) is 0 Å². The molecule has 29 heavy (non-hydrogen) atoms. The summed E-state index contributed by atoms with van der Waals surface area (Å²) in [5.74, 6) is -0.249. The summed E-state index contributed by atoms with van der Waals surface area (Å²) < 4.78 is 41.1. The van der Waals surface area contributed by atoms with Gasteiger partial charge in [0.2, 0.25) is 0 Å². The van der Waals surface area contributed by atoms with Gasteiger partial charge in [-0.15, -0.1) is 5.10 Å². The van der Waals surface area contributed by atoms with E-state index in [9.17, 15) is 8.78 Å². The molecule has 0 unspecified atom stereocenters. The Labute approximate surface area is 177 Å². The highest BCUT2D eigenvalue weighted by Crippen LogP contribution is 2.27. The first-order chi connectivity index (χ1) is 13.7. The Hall–Kier alpha value is -2.10. The van der Waals surface area contributed by atoms with Gasteiger partial charge in [0.15, 0.2) is 5.82 Å². The lowest BCUT2D eigenvalue weighted by atomic mass is 10.2. The van der Waals surface area contributed by atoms with Crippen LogP contribution in [0, 0.1) is 11.6 Å². The van der Waals surface area contributed by atoms with E-state index in [4.69, 9.17) is 9.47 Å². The molecule has 0 saturated heterocycles. The molecule has 3 rings (SSSR count). The molecule has 0 fully saturated rings. The van der Waals surface area contributed by atoms with Crippen LogP contribution in [0.5, 0.6) is 11.8 Å². The van der Waals surface area contributed by atoms with Crippen LogP contribution >= 0.6 is 15.9 Å². The zero-order chi connectivity index (χ0) is 21.0. The highest BCUT2D eigenvalue weighted by atomic mass is 79.9. The van der Waals surface area contributed by atoms with Gasteiger partial charge in [0.1, 0.15) is 24.1 Å². The summed E-state index contributed by atoms with van der Waals surface area (Å²) in [6.07, 6.45) is 0. The Kier molecular flexibility index (Phi) is 6.81. The SMILES string of the molecule is C[Si](C)(C)CCOCn1nc(-c2ccc(Br)cc2F)nc1Oc1ccc(F)cc1. The summed E-state index contributed by atoms with van der Waals surface area (Å²) in [7, 11) is -1.23. The first kappa shape index (κ1) is 21.6. The third kappa shape index (κ3) is 6.19. The lowest BCUT2D eigenvalue weighted by Crippen LogP contribution is -2.22. The summed E-state index contributed by atoms with van der Waals surface area (Å²) in [5, 5.41) is 4.36. The van der Waals surface area contributed by atoms with Crippen molar-refractivity contribution >= 4 is 24.0 Å². The van der Waals surface area contributed by atoms with Crippen LogP contribution in [0.1, 0.15) is 0 Å². The minimum Gasteiger partial charge on any atom is -0.424 e. The number of benzene rings is 2. The van der Waals surface area contributed by atoms with Gasteiger partial charge >= 0.3 is 6.01 Å². The van der Waals surface area contributed by atoms with E-state index >= 15 is 0 Å². The summed E-state index contributed by atoms with van der Waals surface area (Å²) >= 11 is 3.24. The van der Waals surface area contributed by atoms with Crippen LogP contribution in [-0.2, 0) is 11.5 Å². The average molecular weight is 482 g/mol. The van der Waals surface area contributed by atoms with Crippen LogP contribution in [0.2, 0.25) is 25.7 Å². The number of hydrogen-bond donors (Lipinski definition) is 0. The highest BCUT2D eigenvalue weighted by molar-refractivity contribution is 9.10. The second kappa shape index (κ2) is 9.14. The van der Waals surface area contributed by atoms with Gasteiger partial charge in [-0.25, -0.2) is 8.78 Å². The molecule has 9 heteroatoms. The predicted molar refractivity (Wildman–Crippen MR) is 114 cm³/mol. The standard InChI is InChI=1S/C20H22BrF2N3O2Si/c1-29(2,3)11-10-27-13-26-20(28-16-7-5-15(22)6-8-16)24-19(25-26)17-9-4-14(21)12-18(17)23/h4-9,12H,10-11,13H2,1-3H3. The van der Waals surface area contributed by atoms with Gasteiger partial charge in [-0.3, -0.25) is 0 Å². The average Bonchev–Trinajstić information content (AvgIpc) is 3.02. The molecular weight excluding hydrogens is 460 g/mol. The van der Waals surface area contributed by atoms with Crippen LogP contribution < -0.4 is 4.74 Å². The van der Waals surface area contributed by atoms with Crippen molar-refractivity contribution < 1.29 is 18.3 Å². The fourth-order valence-corrected chi connectivity index (χ4v) is 3.50. The second-order valence-electron chi connectivity index (χ2n) is 7.75. The van der Waals surface area contributed by atoms with Crippen LogP contribution in [0.3, 0.4) is 0 Å². The maximum atomic E-state index is 14.4. The summed E-state index contributed by atoms with van der Waals surface area (Å²) in [6.45, 7) is 7.51. The first-order valence-electron chi connectivity index (χ1n) is 9.13. The van der Waals surface area contributed by atoms with Crippen LogP contribution in [0.15, 0.2) is 46.9 Å². The molecule has 0 bridgehead atoms. The molecule has 5 nitrogen and oxygen atoms in total. The zero-order valence-corrected chi connectivity index (χ0v) is 19.0. The molecule has 0 aliphatic heterocycles. The number of nitrogens with zero attached hydrogens (tertiary/aromatic N) is 3. The number of aromatic nitrogens is 3. The fourth-order valence-electron chi connectivity index (χ4n) is 2.41. The van der Waals surface area contributed by atoms with E-state index in [-0.39, 0.29) is 29.9 Å². The summed E-state index contributed by atoms with van der Waals surface area (Å²) in [6, 6.07) is 11.3. The van der Waals surface area contributed by atoms with Crippen molar-refractivity contribution in [3.05, 3.63) is 58.6 Å². The topological polar surface area (TPSA) is 49.2 Å². The Balaban J connectivity index is 1.84. The molecule has 0 saturated carbocycles. The Morgan fingerprint density at radius 1 is 1.07 bits per heavy atom. The second-order valence-corrected chi connectivity index (χ2v) is 14.3. The van der Waals surface area contributed by atoms with E-state index in [0.29, 0.717) is 16.8 Å². The summed E-state index contributed by atoms with van der Waals surface area (Å²) in [5.41, 5.74) is 0.248. The lowest BCUT2D eigenvalue weighted by molar-refractivity contribution is 0.0730. The molecule has 0 atom stereocenters. The van der Waals surface area contributed by atoms with Gasteiger partial charge in [-0.05, 0) is 48.5 Å². The largest absolute Gasteiger partial charge is 0.424 e. The van der Waals surface area contributed by atoms with Crippen molar-refractivity contribution in [3.8, 4) is 23.1 Å². The van der Waals surface area contributed by atoms with Crippen molar-refractivity contribution in [1.82, 2.24) is 14.8 Å². The molecule has 3 aromatic rings. The van der Waals surface area contributed by atoms with Crippen molar-refractivity contribution in [2.75, 3.05) is 6.61 Å². The third-order valence-corrected chi connectivity index (χ3v) is 6.24. The molecule has 0 aliphatic rings. The van der Waals surface area contributed by atoms with E-state index in [1.807, 2.05) is 0 Å². The molecule has 0 spiro atoms. The third-order valence-electron chi connectivity index (χ3n) is 4.04. The Bertz CT molecular complexity index is 975. The molecule has 0 radical (unpaired) electrons. The Morgan fingerprint density at radius 2 is 1.79 bits per heavy atom. The maximum absolute atomic E-state index is 14.4. The summed E-state index contributed by atoms with van der Waals surface area (Å²) in [4.78, 5) is 4.33. The van der Waals surface area contributed by atoms with E-state index < -0.39 is 13.9 Å². The van der Waals surface area contributed by atoms with Crippen LogP contribution in [0.4, 0.5) is 8.78 Å². The van der Waals surface area contributed by atoms with Crippen LogP contribution in [0.25, 0.3) is 11.4 Å². The quantitative estimate of drug-likeness (QED) is 0.288. The highest BCUT2D eigenvalue weighted by Gasteiger charge is 2.18. The normalized spacial score (nSPS) is 11.7. The molecule has 0 N–H and O–H groups in total. The monoisotopic (exact) mass is 481 g/mol. The van der Waals surface area contributed by atoms with Crippen LogP contribution in [-0.4, -0.2) is 29.4 Å². The van der Waals surface area contributed by atoms with Gasteiger partial charge in [-0.1, -0.05) is 35.6 Å². The predicted octanol–water partition coefficient (Wildman–Crippen LogP) is 6.09. The minimum atomic E-state index is -1.23. The van der Waals surface area contributed by atoms with Gasteiger partial charge in [0, 0.05) is 19.2 Å². The zero-order valence-electron chi connectivity index (χ0n) is 16.5. The molecule has 0 aliphatic carbocycles. The van der Waals surface area contributed by atoms with Gasteiger partial charge < -0.3 is 9.47 Å². The Morgan fingerprint density at radius 3 is 2.45 bits per heavy atom. The van der Waals surface area contributed by atoms with Crippen molar-refractivity contribution in [1.29, 1.82) is 0 Å². The molecule has 154 valence electrons. The van der Waals surface area contributed by atoms with E-state index in [2.05, 4.69) is 45.7 Å². The lowest BCUT2D eigenvalue weighted by Gasteiger charge is -2.15. The van der Waals surface area contributed by atoms with Crippen molar-refractivity contribution in [3.63, 3.8) is 0 Å². The number of halogens is 3. The van der Waals surface area contributed by atoms with E-state index in [0.717, 1.165) is 6.04 Å². The molecule has 2 aromatic carbocycles. The molecular formula is C20H22BrF2N3O2Si. The number of ether oxygens (including phenoxy) is 2. The van der Waals surface area contributed by atoms with Gasteiger partial charge in [-0.2, -0.15) is 9.67 Å². The maximum Gasteiger partial charge on any atom is 0.323 e. The van der Waals surface area contributed by atoms with Gasteiger partial charge in [0.25, 0.3) is 0 Å². The fraction of sp³-hybridized carbons (Fsp3) is 0.300. The molecule has 1 heterocycles.